The van der Waals surface area contributed by atoms with E-state index in [9.17, 15) is 4.79 Å². The lowest BCUT2D eigenvalue weighted by molar-refractivity contribution is -0.132. The van der Waals surface area contributed by atoms with Gasteiger partial charge in [0.05, 0.1) is 0 Å². The Morgan fingerprint density at radius 2 is 1.90 bits per heavy atom. The number of amides is 1. The van der Waals surface area contributed by atoms with Gasteiger partial charge >= 0.3 is 0 Å². The van der Waals surface area contributed by atoms with E-state index in [0.717, 1.165) is 25.6 Å². The van der Waals surface area contributed by atoms with E-state index in [1.54, 1.807) is 0 Å². The van der Waals surface area contributed by atoms with Gasteiger partial charge in [-0.15, -0.1) is 0 Å². The van der Waals surface area contributed by atoms with E-state index in [1.165, 1.54) is 51.4 Å². The molecule has 20 heavy (non-hydrogen) atoms. The number of rotatable bonds is 5. The summed E-state index contributed by atoms with van der Waals surface area (Å²) in [5.41, 5.74) is -0.236. The van der Waals surface area contributed by atoms with Crippen LogP contribution in [0.5, 0.6) is 0 Å². The van der Waals surface area contributed by atoms with Crippen molar-refractivity contribution in [3.63, 3.8) is 0 Å². The number of hydrogen-bond donors (Lipinski definition) is 2. The zero-order valence-electron chi connectivity index (χ0n) is 13.3. The number of carbonyl (C=O) groups excluding carboxylic acids is 1. The van der Waals surface area contributed by atoms with Gasteiger partial charge in [-0.25, -0.2) is 0 Å². The molecule has 0 bridgehead atoms. The second-order valence-electron chi connectivity index (χ2n) is 7.31. The minimum atomic E-state index is -0.236. The second-order valence-corrected chi connectivity index (χ2v) is 7.31. The van der Waals surface area contributed by atoms with Gasteiger partial charge in [-0.3, -0.25) is 4.79 Å². The molecule has 2 fully saturated rings. The molecule has 0 aromatic heterocycles. The molecule has 0 aromatic carbocycles. The van der Waals surface area contributed by atoms with Crippen molar-refractivity contribution in [3.05, 3.63) is 0 Å². The van der Waals surface area contributed by atoms with E-state index in [4.69, 9.17) is 0 Å². The Kier molecular flexibility index (Phi) is 5.88. The molecule has 1 heterocycles. The van der Waals surface area contributed by atoms with Crippen molar-refractivity contribution < 1.29 is 4.79 Å². The van der Waals surface area contributed by atoms with E-state index in [2.05, 4.69) is 24.5 Å². The molecule has 3 nitrogen and oxygen atoms in total. The minimum absolute atomic E-state index is 0.236. The van der Waals surface area contributed by atoms with Gasteiger partial charge in [0.1, 0.15) is 0 Å². The molecule has 1 aliphatic heterocycles. The number of piperidine rings is 1. The SMILES string of the molecule is CC(C)(C(=O)NCCC1CCCCC1)C1CCCNC1. The molecule has 1 saturated heterocycles. The van der Waals surface area contributed by atoms with Crippen LogP contribution in [0.2, 0.25) is 0 Å². The molecule has 0 aromatic rings. The van der Waals surface area contributed by atoms with Crippen molar-refractivity contribution in [2.24, 2.45) is 17.3 Å². The zero-order valence-corrected chi connectivity index (χ0v) is 13.3. The summed E-state index contributed by atoms with van der Waals surface area (Å²) in [7, 11) is 0. The maximum atomic E-state index is 12.5. The lowest BCUT2D eigenvalue weighted by atomic mass is 9.74. The Bertz CT molecular complexity index is 302. The molecule has 1 saturated carbocycles. The second kappa shape index (κ2) is 7.44. The first kappa shape index (κ1) is 15.8. The Balaban J connectivity index is 1.72. The third kappa shape index (κ3) is 4.21. The summed E-state index contributed by atoms with van der Waals surface area (Å²) < 4.78 is 0. The van der Waals surface area contributed by atoms with Gasteiger partial charge in [0, 0.05) is 12.0 Å². The van der Waals surface area contributed by atoms with E-state index < -0.39 is 0 Å². The first-order valence-corrected chi connectivity index (χ1v) is 8.59. The molecule has 1 unspecified atom stereocenters. The van der Waals surface area contributed by atoms with Crippen LogP contribution in [-0.4, -0.2) is 25.5 Å². The van der Waals surface area contributed by atoms with Crippen molar-refractivity contribution in [1.82, 2.24) is 10.6 Å². The van der Waals surface area contributed by atoms with E-state index in [0.29, 0.717) is 5.92 Å². The van der Waals surface area contributed by atoms with Gasteiger partial charge in [0.2, 0.25) is 5.91 Å². The fourth-order valence-corrected chi connectivity index (χ4v) is 3.75. The summed E-state index contributed by atoms with van der Waals surface area (Å²) in [6.07, 6.45) is 10.5. The summed E-state index contributed by atoms with van der Waals surface area (Å²) in [4.78, 5) is 12.5. The number of carbonyl (C=O) groups is 1. The molecule has 2 rings (SSSR count). The third-order valence-electron chi connectivity index (χ3n) is 5.47. The van der Waals surface area contributed by atoms with E-state index >= 15 is 0 Å². The zero-order chi connectivity index (χ0) is 14.4. The predicted octanol–water partition coefficient (Wildman–Crippen LogP) is 3.10. The van der Waals surface area contributed by atoms with Crippen molar-refractivity contribution >= 4 is 5.91 Å². The highest BCUT2D eigenvalue weighted by atomic mass is 16.2. The molecule has 0 spiro atoms. The molecule has 3 heteroatoms. The van der Waals surface area contributed by atoms with Crippen LogP contribution in [0.1, 0.15) is 65.2 Å². The topological polar surface area (TPSA) is 41.1 Å². The largest absolute Gasteiger partial charge is 0.356 e. The van der Waals surface area contributed by atoms with Gasteiger partial charge < -0.3 is 10.6 Å². The first-order chi connectivity index (χ1) is 9.60. The quantitative estimate of drug-likeness (QED) is 0.812. The normalized spacial score (nSPS) is 25.4. The Morgan fingerprint density at radius 1 is 1.15 bits per heavy atom. The molecule has 2 aliphatic rings. The first-order valence-electron chi connectivity index (χ1n) is 8.59. The van der Waals surface area contributed by atoms with Crippen LogP contribution >= 0.6 is 0 Å². The minimum Gasteiger partial charge on any atom is -0.356 e. The lowest BCUT2D eigenvalue weighted by Gasteiger charge is -2.36. The highest BCUT2D eigenvalue weighted by Gasteiger charge is 2.36. The molecular formula is C17H32N2O. The van der Waals surface area contributed by atoms with Gasteiger partial charge in [0.25, 0.3) is 0 Å². The van der Waals surface area contributed by atoms with Crippen LogP contribution < -0.4 is 10.6 Å². The van der Waals surface area contributed by atoms with Crippen molar-refractivity contribution in [1.29, 1.82) is 0 Å². The summed E-state index contributed by atoms with van der Waals surface area (Å²) in [6.45, 7) is 7.19. The predicted molar refractivity (Wildman–Crippen MR) is 83.6 cm³/mol. The van der Waals surface area contributed by atoms with E-state index in [-0.39, 0.29) is 11.3 Å². The molecule has 1 atom stereocenters. The van der Waals surface area contributed by atoms with Gasteiger partial charge in [-0.1, -0.05) is 46.0 Å². The van der Waals surface area contributed by atoms with Crippen molar-refractivity contribution in [3.8, 4) is 0 Å². The fourth-order valence-electron chi connectivity index (χ4n) is 3.75. The standard InChI is InChI=1S/C17H32N2O/c1-17(2,15-9-6-11-18-13-15)16(20)19-12-10-14-7-4-3-5-8-14/h14-15,18H,3-13H2,1-2H3,(H,19,20). The highest BCUT2D eigenvalue weighted by molar-refractivity contribution is 5.82. The average molecular weight is 280 g/mol. The molecular weight excluding hydrogens is 248 g/mol. The molecule has 2 N–H and O–H groups in total. The van der Waals surface area contributed by atoms with Gasteiger partial charge in [0.15, 0.2) is 0 Å². The maximum absolute atomic E-state index is 12.5. The van der Waals surface area contributed by atoms with Crippen LogP contribution in [0.25, 0.3) is 0 Å². The third-order valence-corrected chi connectivity index (χ3v) is 5.47. The van der Waals surface area contributed by atoms with Crippen LogP contribution in [0.3, 0.4) is 0 Å². The van der Waals surface area contributed by atoms with Crippen molar-refractivity contribution in [2.45, 2.75) is 65.2 Å². The Labute approximate surface area is 124 Å². The van der Waals surface area contributed by atoms with Crippen LogP contribution in [0.4, 0.5) is 0 Å². The van der Waals surface area contributed by atoms with Crippen molar-refractivity contribution in [2.75, 3.05) is 19.6 Å². The molecule has 1 aliphatic carbocycles. The molecule has 116 valence electrons. The maximum Gasteiger partial charge on any atom is 0.225 e. The Morgan fingerprint density at radius 3 is 2.55 bits per heavy atom. The van der Waals surface area contributed by atoms with Gasteiger partial charge in [-0.05, 0) is 44.2 Å². The lowest BCUT2D eigenvalue weighted by Crippen LogP contribution is -2.47. The highest BCUT2D eigenvalue weighted by Crippen LogP contribution is 2.32. The monoisotopic (exact) mass is 280 g/mol. The number of nitrogens with one attached hydrogen (secondary N) is 2. The fraction of sp³-hybridized carbons (Fsp3) is 0.941. The molecule has 1 amide bonds. The summed E-state index contributed by atoms with van der Waals surface area (Å²) in [5.74, 6) is 1.58. The molecule has 0 radical (unpaired) electrons. The van der Waals surface area contributed by atoms with Crippen LogP contribution in [0, 0.1) is 17.3 Å². The summed E-state index contributed by atoms with van der Waals surface area (Å²) in [6, 6.07) is 0. The van der Waals surface area contributed by atoms with Gasteiger partial charge in [-0.2, -0.15) is 0 Å². The van der Waals surface area contributed by atoms with Crippen LogP contribution in [0.15, 0.2) is 0 Å². The van der Waals surface area contributed by atoms with Crippen LogP contribution in [-0.2, 0) is 4.79 Å². The summed E-state index contributed by atoms with van der Waals surface area (Å²) in [5, 5.41) is 6.62. The average Bonchev–Trinajstić information content (AvgIpc) is 2.49. The number of hydrogen-bond acceptors (Lipinski definition) is 2. The summed E-state index contributed by atoms with van der Waals surface area (Å²) >= 11 is 0. The smallest absolute Gasteiger partial charge is 0.225 e. The Hall–Kier alpha value is -0.570. The van der Waals surface area contributed by atoms with E-state index in [1.807, 2.05) is 0 Å².